The first-order chi connectivity index (χ1) is 15.4. The van der Waals surface area contributed by atoms with Crippen LogP contribution in [0.25, 0.3) is 22.3 Å². The van der Waals surface area contributed by atoms with E-state index in [4.69, 9.17) is 4.74 Å². The maximum atomic E-state index is 12.5. The SMILES string of the molecule is CS(=O)(=O)c1ccc(-c2ccc(-c3csc(C(=O)NCCN4CCOCC4)c3)cc2)cc1. The van der Waals surface area contributed by atoms with Crippen LogP contribution >= 0.6 is 11.3 Å². The second-order valence-corrected chi connectivity index (χ2v) is 10.7. The molecule has 2 aromatic carbocycles. The van der Waals surface area contributed by atoms with Crippen molar-refractivity contribution >= 4 is 27.1 Å². The second-order valence-electron chi connectivity index (χ2n) is 7.78. The molecular weight excluding hydrogens is 444 g/mol. The van der Waals surface area contributed by atoms with E-state index in [1.165, 1.54) is 17.6 Å². The molecule has 1 aliphatic heterocycles. The predicted molar refractivity (Wildman–Crippen MR) is 128 cm³/mol. The van der Waals surface area contributed by atoms with Gasteiger partial charge < -0.3 is 10.1 Å². The summed E-state index contributed by atoms with van der Waals surface area (Å²) in [5, 5.41) is 5.00. The van der Waals surface area contributed by atoms with E-state index in [1.807, 2.05) is 47.8 Å². The Morgan fingerprint density at radius 2 is 1.53 bits per heavy atom. The molecule has 168 valence electrons. The van der Waals surface area contributed by atoms with Crippen LogP contribution in [0.15, 0.2) is 64.9 Å². The zero-order valence-corrected chi connectivity index (χ0v) is 19.5. The molecule has 0 radical (unpaired) electrons. The molecule has 1 amide bonds. The van der Waals surface area contributed by atoms with Gasteiger partial charge in [0.25, 0.3) is 5.91 Å². The number of nitrogens with zero attached hydrogens (tertiary/aromatic N) is 1. The standard InChI is InChI=1S/C24H26N2O4S2/c1-32(28,29)22-8-6-19(7-9-22)18-2-4-20(5-3-18)21-16-23(31-17-21)24(27)25-10-11-26-12-14-30-15-13-26/h2-9,16-17H,10-15H2,1H3,(H,25,27). The first-order valence-corrected chi connectivity index (χ1v) is 13.2. The van der Waals surface area contributed by atoms with Crippen LogP contribution in [0.4, 0.5) is 0 Å². The lowest BCUT2D eigenvalue weighted by atomic mass is 10.0. The van der Waals surface area contributed by atoms with E-state index in [-0.39, 0.29) is 5.91 Å². The predicted octanol–water partition coefficient (Wildman–Crippen LogP) is 3.55. The van der Waals surface area contributed by atoms with Crippen LogP contribution in [0.3, 0.4) is 0 Å². The lowest BCUT2D eigenvalue weighted by Gasteiger charge is -2.26. The fourth-order valence-corrected chi connectivity index (χ4v) is 5.06. The van der Waals surface area contributed by atoms with Crippen molar-refractivity contribution in [3.63, 3.8) is 0 Å². The summed E-state index contributed by atoms with van der Waals surface area (Å²) in [5.41, 5.74) is 4.00. The smallest absolute Gasteiger partial charge is 0.261 e. The second kappa shape index (κ2) is 9.95. The molecular formula is C24H26N2O4S2. The van der Waals surface area contributed by atoms with Crippen LogP contribution in [0.1, 0.15) is 9.67 Å². The molecule has 6 nitrogen and oxygen atoms in total. The number of nitrogens with one attached hydrogen (secondary N) is 1. The number of morpholine rings is 1. The summed E-state index contributed by atoms with van der Waals surface area (Å²) >= 11 is 1.44. The number of sulfone groups is 1. The molecule has 32 heavy (non-hydrogen) atoms. The van der Waals surface area contributed by atoms with Gasteiger partial charge in [-0.2, -0.15) is 0 Å². The minimum atomic E-state index is -3.20. The summed E-state index contributed by atoms with van der Waals surface area (Å²) in [5.74, 6) is -0.0444. The highest BCUT2D eigenvalue weighted by atomic mass is 32.2. The maximum Gasteiger partial charge on any atom is 0.261 e. The van der Waals surface area contributed by atoms with Gasteiger partial charge in [0.2, 0.25) is 0 Å². The molecule has 2 heterocycles. The van der Waals surface area contributed by atoms with Crippen LogP contribution < -0.4 is 5.32 Å². The Labute approximate surface area is 192 Å². The van der Waals surface area contributed by atoms with Crippen molar-refractivity contribution in [3.8, 4) is 22.3 Å². The number of hydrogen-bond donors (Lipinski definition) is 1. The number of rotatable bonds is 7. The molecule has 0 atom stereocenters. The first-order valence-electron chi connectivity index (χ1n) is 10.5. The van der Waals surface area contributed by atoms with Crippen LogP contribution in [0.5, 0.6) is 0 Å². The summed E-state index contributed by atoms with van der Waals surface area (Å²) in [6, 6.07) is 16.8. The zero-order valence-electron chi connectivity index (χ0n) is 17.9. The van der Waals surface area contributed by atoms with E-state index in [2.05, 4.69) is 10.2 Å². The highest BCUT2D eigenvalue weighted by Crippen LogP contribution is 2.29. The summed E-state index contributed by atoms with van der Waals surface area (Å²) in [6.45, 7) is 4.80. The molecule has 8 heteroatoms. The molecule has 1 N–H and O–H groups in total. The molecule has 0 saturated carbocycles. The first kappa shape index (κ1) is 22.7. The Morgan fingerprint density at radius 3 is 2.12 bits per heavy atom. The van der Waals surface area contributed by atoms with Crippen LogP contribution in [0.2, 0.25) is 0 Å². The molecule has 0 aliphatic carbocycles. The number of carbonyl (C=O) groups excluding carboxylic acids is 1. The van der Waals surface area contributed by atoms with Gasteiger partial charge in [-0.15, -0.1) is 11.3 Å². The van der Waals surface area contributed by atoms with Crippen molar-refractivity contribution < 1.29 is 17.9 Å². The summed E-state index contributed by atoms with van der Waals surface area (Å²) < 4.78 is 28.6. The van der Waals surface area contributed by atoms with E-state index < -0.39 is 9.84 Å². The molecule has 1 saturated heterocycles. The minimum Gasteiger partial charge on any atom is -0.379 e. The van der Waals surface area contributed by atoms with Gasteiger partial charge in [-0.3, -0.25) is 9.69 Å². The largest absolute Gasteiger partial charge is 0.379 e. The molecule has 3 aromatic rings. The Hall–Kier alpha value is -2.52. The monoisotopic (exact) mass is 470 g/mol. The fourth-order valence-electron chi connectivity index (χ4n) is 3.60. The Morgan fingerprint density at radius 1 is 0.969 bits per heavy atom. The highest BCUT2D eigenvalue weighted by Gasteiger charge is 2.13. The summed E-state index contributed by atoms with van der Waals surface area (Å²) in [4.78, 5) is 15.8. The average Bonchev–Trinajstić information content (AvgIpc) is 3.30. The molecule has 1 aromatic heterocycles. The van der Waals surface area contributed by atoms with Gasteiger partial charge in [0.05, 0.1) is 23.0 Å². The van der Waals surface area contributed by atoms with Crippen molar-refractivity contribution in [2.75, 3.05) is 45.6 Å². The number of amides is 1. The van der Waals surface area contributed by atoms with Crippen LogP contribution in [0, 0.1) is 0 Å². The van der Waals surface area contributed by atoms with Gasteiger partial charge in [0, 0.05) is 32.4 Å². The summed E-state index contributed by atoms with van der Waals surface area (Å²) in [7, 11) is -3.20. The van der Waals surface area contributed by atoms with Gasteiger partial charge in [-0.25, -0.2) is 8.42 Å². The van der Waals surface area contributed by atoms with Crippen LogP contribution in [-0.4, -0.2) is 64.9 Å². The van der Waals surface area contributed by atoms with Crippen LogP contribution in [-0.2, 0) is 14.6 Å². The van der Waals surface area contributed by atoms with E-state index >= 15 is 0 Å². The molecule has 0 bridgehead atoms. The number of ether oxygens (including phenoxy) is 1. The molecule has 0 spiro atoms. The fraction of sp³-hybridized carbons (Fsp3) is 0.292. The summed E-state index contributed by atoms with van der Waals surface area (Å²) in [6.07, 6.45) is 1.20. The number of benzene rings is 2. The minimum absolute atomic E-state index is 0.0444. The van der Waals surface area contributed by atoms with Gasteiger partial charge in [-0.05, 0) is 45.8 Å². The number of carbonyl (C=O) groups is 1. The third kappa shape index (κ3) is 5.63. The number of thiophene rings is 1. The van der Waals surface area contributed by atoms with Crippen molar-refractivity contribution in [2.24, 2.45) is 0 Å². The zero-order chi connectivity index (χ0) is 22.6. The Bertz CT molecular complexity index is 1160. The number of hydrogen-bond acceptors (Lipinski definition) is 6. The van der Waals surface area contributed by atoms with Gasteiger partial charge in [0.1, 0.15) is 0 Å². The topological polar surface area (TPSA) is 75.7 Å². The van der Waals surface area contributed by atoms with Crippen molar-refractivity contribution in [1.29, 1.82) is 0 Å². The average molecular weight is 471 g/mol. The Balaban J connectivity index is 1.37. The Kier molecular flexibility index (Phi) is 7.05. The normalized spacial score (nSPS) is 14.9. The van der Waals surface area contributed by atoms with E-state index in [1.54, 1.807) is 12.1 Å². The highest BCUT2D eigenvalue weighted by molar-refractivity contribution is 7.90. The lowest BCUT2D eigenvalue weighted by molar-refractivity contribution is 0.0383. The van der Waals surface area contributed by atoms with Gasteiger partial charge in [0.15, 0.2) is 9.84 Å². The van der Waals surface area contributed by atoms with Crippen molar-refractivity contribution in [1.82, 2.24) is 10.2 Å². The lowest BCUT2D eigenvalue weighted by Crippen LogP contribution is -2.41. The quantitative estimate of drug-likeness (QED) is 0.572. The van der Waals surface area contributed by atoms with Crippen molar-refractivity contribution in [2.45, 2.75) is 4.90 Å². The third-order valence-corrected chi connectivity index (χ3v) is 7.53. The molecule has 1 aliphatic rings. The van der Waals surface area contributed by atoms with Gasteiger partial charge >= 0.3 is 0 Å². The van der Waals surface area contributed by atoms with E-state index in [9.17, 15) is 13.2 Å². The molecule has 4 rings (SSSR count). The van der Waals surface area contributed by atoms with Gasteiger partial charge in [-0.1, -0.05) is 36.4 Å². The molecule has 1 fully saturated rings. The van der Waals surface area contributed by atoms with E-state index in [0.29, 0.717) is 16.3 Å². The van der Waals surface area contributed by atoms with Crippen molar-refractivity contribution in [3.05, 3.63) is 64.9 Å². The van der Waals surface area contributed by atoms with E-state index in [0.717, 1.165) is 55.1 Å². The maximum absolute atomic E-state index is 12.5. The third-order valence-electron chi connectivity index (χ3n) is 5.47. The molecule has 0 unspecified atom stereocenters.